The maximum absolute atomic E-state index is 8.74. The van der Waals surface area contributed by atoms with Gasteiger partial charge in [-0.25, -0.2) is 0 Å². The Bertz CT molecular complexity index is 91.7. The van der Waals surface area contributed by atoms with Crippen molar-refractivity contribution in [2.24, 2.45) is 0 Å². The van der Waals surface area contributed by atoms with Gasteiger partial charge in [-0.2, -0.15) is 8.42 Å². The van der Waals surface area contributed by atoms with Gasteiger partial charge in [0.2, 0.25) is 0 Å². The van der Waals surface area contributed by atoms with Crippen LogP contribution >= 0.6 is 0 Å². The minimum Gasteiger partial charge on any atom is -0.264 e. The van der Waals surface area contributed by atoms with Crippen molar-refractivity contribution in [1.82, 2.24) is 0 Å². The Hall–Kier alpha value is 0.556. The summed E-state index contributed by atoms with van der Waals surface area (Å²) in [5, 5.41) is 12.0. The Morgan fingerprint density at radius 1 is 1.00 bits per heavy atom. The van der Waals surface area contributed by atoms with Gasteiger partial charge in [0.15, 0.2) is 0 Å². The Kier molecular flexibility index (Phi) is 14.9. The standard InChI is InChI=1S/Mg.H2O4S.H2O2.2H/c;1-5(2,3)4;1-2;;/h;(H2,1,2,3,4);1-2H;;. The summed E-state index contributed by atoms with van der Waals surface area (Å²) in [6.45, 7) is 0. The zero-order valence-electron chi connectivity index (χ0n) is 3.01. The summed E-state index contributed by atoms with van der Waals surface area (Å²) in [5.41, 5.74) is 0. The summed E-state index contributed by atoms with van der Waals surface area (Å²) in [6.07, 6.45) is 0. The molecule has 0 aliphatic carbocycles. The Morgan fingerprint density at radius 2 is 1.00 bits per heavy atom. The van der Waals surface area contributed by atoms with Crippen LogP contribution in [0.3, 0.4) is 0 Å². The summed E-state index contributed by atoms with van der Waals surface area (Å²) in [5.74, 6) is 0. The molecule has 50 valence electrons. The van der Waals surface area contributed by atoms with E-state index >= 15 is 0 Å². The van der Waals surface area contributed by atoms with Crippen LogP contribution in [0.5, 0.6) is 0 Å². The zero-order valence-corrected chi connectivity index (χ0v) is 3.83. The molecule has 0 saturated carbocycles. The summed E-state index contributed by atoms with van der Waals surface area (Å²) < 4.78 is 31.6. The van der Waals surface area contributed by atoms with Crippen LogP contribution < -0.4 is 0 Å². The maximum Gasteiger partial charge on any atom is 0.394 e. The molecule has 0 atom stereocenters. The van der Waals surface area contributed by atoms with Gasteiger partial charge in [-0.1, -0.05) is 0 Å². The average molecular weight is 158 g/mol. The molecule has 0 spiro atoms. The monoisotopic (exact) mass is 158 g/mol. The first-order valence-corrected chi connectivity index (χ1v) is 2.30. The molecular weight excluding hydrogens is 152 g/mol. The maximum atomic E-state index is 8.74. The Morgan fingerprint density at radius 3 is 1.00 bits per heavy atom. The lowest BCUT2D eigenvalue weighted by molar-refractivity contribution is -0.176. The molecule has 8 heteroatoms. The van der Waals surface area contributed by atoms with Gasteiger partial charge in [0.05, 0.1) is 0 Å². The molecule has 8 heavy (non-hydrogen) atoms. The van der Waals surface area contributed by atoms with E-state index in [9.17, 15) is 0 Å². The van der Waals surface area contributed by atoms with E-state index in [4.69, 9.17) is 28.0 Å². The third-order valence-corrected chi connectivity index (χ3v) is 0. The van der Waals surface area contributed by atoms with Crippen molar-refractivity contribution in [3.63, 3.8) is 0 Å². The minimum atomic E-state index is -4.67. The van der Waals surface area contributed by atoms with Crippen LogP contribution in [0.2, 0.25) is 0 Å². The van der Waals surface area contributed by atoms with Crippen LogP contribution in [-0.2, 0) is 10.4 Å². The van der Waals surface area contributed by atoms with Gasteiger partial charge in [0.25, 0.3) is 0 Å². The molecular formula is H6MgO6S. The number of hydrogen-bond acceptors (Lipinski definition) is 4. The normalized spacial score (nSPS) is 8.00. The molecule has 4 N–H and O–H groups in total. The van der Waals surface area contributed by atoms with Crippen molar-refractivity contribution in [2.75, 3.05) is 0 Å². The third-order valence-electron chi connectivity index (χ3n) is 0. The van der Waals surface area contributed by atoms with E-state index in [0.717, 1.165) is 0 Å². The quantitative estimate of drug-likeness (QED) is 0.147. The summed E-state index contributed by atoms with van der Waals surface area (Å²) >= 11 is 0. The van der Waals surface area contributed by atoms with Gasteiger partial charge < -0.3 is 0 Å². The Labute approximate surface area is 61.8 Å². The van der Waals surface area contributed by atoms with Crippen LogP contribution in [0.15, 0.2) is 0 Å². The highest BCUT2D eigenvalue weighted by Crippen LogP contribution is 1.59. The molecule has 0 heterocycles. The van der Waals surface area contributed by atoms with Crippen LogP contribution in [-0.4, -0.2) is 51.1 Å². The predicted molar refractivity (Wildman–Crippen MR) is 28.0 cm³/mol. The first-order chi connectivity index (χ1) is 3.00. The lowest BCUT2D eigenvalue weighted by Gasteiger charge is -1.68. The smallest absolute Gasteiger partial charge is 0.264 e. The van der Waals surface area contributed by atoms with E-state index in [1.807, 2.05) is 0 Å². The molecule has 0 amide bonds. The van der Waals surface area contributed by atoms with Gasteiger partial charge in [-0.15, -0.1) is 0 Å². The van der Waals surface area contributed by atoms with Crippen molar-refractivity contribution in [2.45, 2.75) is 0 Å². The summed E-state index contributed by atoms with van der Waals surface area (Å²) in [4.78, 5) is 0. The molecule has 0 radical (unpaired) electrons. The molecule has 0 aromatic carbocycles. The largest absolute Gasteiger partial charge is 0.394 e. The molecule has 0 aliphatic heterocycles. The number of rotatable bonds is 0. The fourth-order valence-electron chi connectivity index (χ4n) is 0. The second kappa shape index (κ2) is 7.56. The van der Waals surface area contributed by atoms with Crippen molar-refractivity contribution in [3.8, 4) is 0 Å². The van der Waals surface area contributed by atoms with Gasteiger partial charge in [-0.05, 0) is 0 Å². The number of hydrogen-bond donors (Lipinski definition) is 4. The second-order valence-electron chi connectivity index (χ2n) is 0.448. The van der Waals surface area contributed by atoms with E-state index in [0.29, 0.717) is 0 Å². The molecule has 0 bridgehead atoms. The molecule has 0 aromatic heterocycles. The van der Waals surface area contributed by atoms with E-state index in [2.05, 4.69) is 0 Å². The highest BCUT2D eigenvalue weighted by Gasteiger charge is 1.84. The topological polar surface area (TPSA) is 115 Å². The van der Waals surface area contributed by atoms with Crippen molar-refractivity contribution in [1.29, 1.82) is 0 Å². The molecule has 0 unspecified atom stereocenters. The molecule has 0 aliphatic rings. The molecule has 6 nitrogen and oxygen atoms in total. The van der Waals surface area contributed by atoms with Crippen molar-refractivity contribution in [3.05, 3.63) is 0 Å². The predicted octanol–water partition coefficient (Wildman–Crippen LogP) is -1.55. The summed E-state index contributed by atoms with van der Waals surface area (Å²) in [7, 11) is -4.67. The van der Waals surface area contributed by atoms with Crippen LogP contribution in [0.1, 0.15) is 0 Å². The molecule has 0 aromatic rings. The first-order valence-electron chi connectivity index (χ1n) is 0.898. The fourth-order valence-corrected chi connectivity index (χ4v) is 0. The van der Waals surface area contributed by atoms with E-state index in [1.54, 1.807) is 0 Å². The first kappa shape index (κ1) is 15.8. The van der Waals surface area contributed by atoms with Crippen molar-refractivity contribution >= 4 is 33.5 Å². The van der Waals surface area contributed by atoms with Gasteiger partial charge in [-0.3, -0.25) is 19.6 Å². The van der Waals surface area contributed by atoms with Crippen LogP contribution in [0.25, 0.3) is 0 Å². The van der Waals surface area contributed by atoms with E-state index < -0.39 is 10.4 Å². The molecule has 0 fully saturated rings. The lowest BCUT2D eigenvalue weighted by Crippen LogP contribution is -1.89. The molecule has 0 rings (SSSR count). The fraction of sp³-hybridized carbons (Fsp3) is 0. The van der Waals surface area contributed by atoms with Crippen molar-refractivity contribution < 1.29 is 28.0 Å². The Balaban J connectivity index is -0.0000000750. The highest BCUT2D eigenvalue weighted by atomic mass is 32.3. The third kappa shape index (κ3) is 654. The minimum absolute atomic E-state index is 0. The summed E-state index contributed by atoms with van der Waals surface area (Å²) in [6, 6.07) is 0. The van der Waals surface area contributed by atoms with Gasteiger partial charge in [0.1, 0.15) is 0 Å². The van der Waals surface area contributed by atoms with E-state index in [-0.39, 0.29) is 23.1 Å². The van der Waals surface area contributed by atoms with E-state index in [1.165, 1.54) is 0 Å². The van der Waals surface area contributed by atoms with Gasteiger partial charge in [0, 0.05) is 0 Å². The van der Waals surface area contributed by atoms with Crippen LogP contribution in [0, 0.1) is 0 Å². The average Bonchev–Trinajstić information content (AvgIpc) is 1.36. The zero-order chi connectivity index (χ0) is 6.50. The molecule has 0 saturated heterocycles. The van der Waals surface area contributed by atoms with Gasteiger partial charge >= 0.3 is 33.5 Å². The SMILES string of the molecule is O=S(=O)(O)O.OO.[MgH2]. The lowest BCUT2D eigenvalue weighted by atomic mass is 15.0. The second-order valence-corrected chi connectivity index (χ2v) is 1.34. The van der Waals surface area contributed by atoms with Crippen LogP contribution in [0.4, 0.5) is 0 Å². The highest BCUT2D eigenvalue weighted by molar-refractivity contribution is 7.79.